The Morgan fingerprint density at radius 3 is 2.56 bits per heavy atom. The summed E-state index contributed by atoms with van der Waals surface area (Å²) in [7, 11) is 1.40. The zero-order valence-corrected chi connectivity index (χ0v) is 14.3. The molecule has 1 aromatic rings. The third-order valence-corrected chi connectivity index (χ3v) is 4.20. The van der Waals surface area contributed by atoms with Gasteiger partial charge in [0.2, 0.25) is 0 Å². The van der Waals surface area contributed by atoms with Crippen LogP contribution in [0.5, 0.6) is 0 Å². The predicted molar refractivity (Wildman–Crippen MR) is 83.6 cm³/mol. The van der Waals surface area contributed by atoms with Crippen LogP contribution in [0.15, 0.2) is 30.3 Å². The minimum absolute atomic E-state index is 0.0368. The number of hydrogen-bond acceptors (Lipinski definition) is 4. The normalized spacial score (nSPS) is 30.1. The maximum absolute atomic E-state index is 12.7. The van der Waals surface area contributed by atoms with E-state index in [1.54, 1.807) is 6.92 Å². The van der Waals surface area contributed by atoms with Crippen LogP contribution in [-0.4, -0.2) is 43.2 Å². The van der Waals surface area contributed by atoms with E-state index in [0.29, 0.717) is 0 Å². The molecule has 0 saturated carbocycles. The van der Waals surface area contributed by atoms with E-state index in [2.05, 4.69) is 5.32 Å². The fourth-order valence-electron chi connectivity index (χ4n) is 3.01. The zero-order valence-electron chi connectivity index (χ0n) is 14.3. The minimum atomic E-state index is -4.98. The smallest absolute Gasteiger partial charge is 0.368 e. The summed E-state index contributed by atoms with van der Waals surface area (Å²) in [4.78, 5) is 11.5. The average molecular weight is 361 g/mol. The second kappa shape index (κ2) is 7.72. The average Bonchev–Trinajstić information content (AvgIpc) is 2.53. The number of ether oxygens (including phenoxy) is 3. The van der Waals surface area contributed by atoms with Gasteiger partial charge in [0.15, 0.2) is 6.29 Å². The van der Waals surface area contributed by atoms with Crippen LogP contribution in [0, 0.1) is 0 Å². The molecule has 1 saturated heterocycles. The molecule has 1 aliphatic heterocycles. The first kappa shape index (κ1) is 19.7. The molecule has 8 heteroatoms. The van der Waals surface area contributed by atoms with E-state index in [4.69, 9.17) is 14.2 Å². The number of halogens is 3. The number of amides is 1. The SMILES string of the molecule is CO[C@@H]1C[C@](C)(NC(=O)C(F)(F)F)[C@H](OCc2ccccc2)[C@H](C)O1. The van der Waals surface area contributed by atoms with Gasteiger partial charge in [-0.1, -0.05) is 30.3 Å². The van der Waals surface area contributed by atoms with Gasteiger partial charge < -0.3 is 19.5 Å². The summed E-state index contributed by atoms with van der Waals surface area (Å²) in [5.74, 6) is -2.01. The highest BCUT2D eigenvalue weighted by atomic mass is 19.4. The summed E-state index contributed by atoms with van der Waals surface area (Å²) < 4.78 is 54.7. The van der Waals surface area contributed by atoms with E-state index in [9.17, 15) is 18.0 Å². The van der Waals surface area contributed by atoms with Crippen molar-refractivity contribution in [2.45, 2.75) is 57.1 Å². The van der Waals surface area contributed by atoms with Crippen molar-refractivity contribution in [2.24, 2.45) is 0 Å². The molecule has 1 N–H and O–H groups in total. The van der Waals surface area contributed by atoms with Crippen LogP contribution < -0.4 is 5.32 Å². The molecule has 4 atom stereocenters. The Bertz CT molecular complexity index is 581. The Hall–Kier alpha value is -1.64. The van der Waals surface area contributed by atoms with Crippen molar-refractivity contribution >= 4 is 5.91 Å². The molecule has 0 unspecified atom stereocenters. The highest BCUT2D eigenvalue weighted by Crippen LogP contribution is 2.33. The van der Waals surface area contributed by atoms with Gasteiger partial charge in [-0.05, 0) is 19.4 Å². The Balaban J connectivity index is 2.18. The number of methoxy groups -OCH3 is 1. The lowest BCUT2D eigenvalue weighted by Crippen LogP contribution is -2.65. The molecule has 5 nitrogen and oxygen atoms in total. The Morgan fingerprint density at radius 1 is 1.36 bits per heavy atom. The van der Waals surface area contributed by atoms with Crippen molar-refractivity contribution < 1.29 is 32.2 Å². The highest BCUT2D eigenvalue weighted by Gasteiger charge is 2.51. The first-order valence-electron chi connectivity index (χ1n) is 7.89. The van der Waals surface area contributed by atoms with E-state index in [1.807, 2.05) is 30.3 Å². The van der Waals surface area contributed by atoms with E-state index < -0.39 is 36.1 Å². The van der Waals surface area contributed by atoms with Crippen LogP contribution in [0.3, 0.4) is 0 Å². The molecule has 0 radical (unpaired) electrons. The monoisotopic (exact) mass is 361 g/mol. The van der Waals surface area contributed by atoms with Gasteiger partial charge in [-0.2, -0.15) is 13.2 Å². The summed E-state index contributed by atoms with van der Waals surface area (Å²) in [6.45, 7) is 3.38. The first-order chi connectivity index (χ1) is 11.7. The summed E-state index contributed by atoms with van der Waals surface area (Å²) >= 11 is 0. The summed E-state index contributed by atoms with van der Waals surface area (Å²) in [6.07, 6.45) is -7.01. The number of nitrogens with one attached hydrogen (secondary N) is 1. The molecule has 1 amide bonds. The first-order valence-corrected chi connectivity index (χ1v) is 7.89. The quantitative estimate of drug-likeness (QED) is 0.876. The molecule has 1 aromatic carbocycles. The largest absolute Gasteiger partial charge is 0.471 e. The Kier molecular flexibility index (Phi) is 6.08. The molecule has 2 rings (SSSR count). The van der Waals surface area contributed by atoms with Gasteiger partial charge in [-0.25, -0.2) is 0 Å². The number of benzene rings is 1. The molecule has 0 spiro atoms. The van der Waals surface area contributed by atoms with Crippen LogP contribution >= 0.6 is 0 Å². The number of carbonyl (C=O) groups excluding carboxylic acids is 1. The molecular weight excluding hydrogens is 339 g/mol. The maximum atomic E-state index is 12.7. The van der Waals surface area contributed by atoms with Crippen molar-refractivity contribution in [3.63, 3.8) is 0 Å². The lowest BCUT2D eigenvalue weighted by Gasteiger charge is -2.47. The molecule has 0 aromatic heterocycles. The fourth-order valence-corrected chi connectivity index (χ4v) is 3.01. The predicted octanol–water partition coefficient (Wildman–Crippen LogP) is 2.79. The number of carbonyl (C=O) groups is 1. The molecule has 0 bridgehead atoms. The van der Waals surface area contributed by atoms with E-state index in [0.717, 1.165) is 5.56 Å². The molecular formula is C17H22F3NO4. The van der Waals surface area contributed by atoms with Gasteiger partial charge in [0.1, 0.15) is 6.10 Å². The molecule has 0 aliphatic carbocycles. The zero-order chi connectivity index (χ0) is 18.7. The molecule has 1 aliphatic rings. The van der Waals surface area contributed by atoms with E-state index in [-0.39, 0.29) is 13.0 Å². The van der Waals surface area contributed by atoms with Crippen LogP contribution in [0.25, 0.3) is 0 Å². The van der Waals surface area contributed by atoms with Crippen molar-refractivity contribution in [2.75, 3.05) is 7.11 Å². The van der Waals surface area contributed by atoms with Crippen LogP contribution in [-0.2, 0) is 25.6 Å². The van der Waals surface area contributed by atoms with Crippen LogP contribution in [0.4, 0.5) is 13.2 Å². The fraction of sp³-hybridized carbons (Fsp3) is 0.588. The van der Waals surface area contributed by atoms with E-state index >= 15 is 0 Å². The second-order valence-electron chi connectivity index (χ2n) is 6.30. The highest BCUT2D eigenvalue weighted by molar-refractivity contribution is 5.82. The Morgan fingerprint density at radius 2 is 2.00 bits per heavy atom. The van der Waals surface area contributed by atoms with E-state index in [1.165, 1.54) is 14.0 Å². The third-order valence-electron chi connectivity index (χ3n) is 4.20. The summed E-state index contributed by atoms with van der Waals surface area (Å²) in [5.41, 5.74) is -0.423. The number of rotatable bonds is 5. The standard InChI is InChI=1S/C17H22F3NO4/c1-11-14(24-10-12-7-5-4-6-8-12)16(2,9-13(23-3)25-11)21-15(22)17(18,19)20/h4-8,11,13-14H,9-10H2,1-3H3,(H,21,22)/t11-,13-,14+,16-/m0/s1. The van der Waals surface area contributed by atoms with Crippen molar-refractivity contribution in [1.82, 2.24) is 5.32 Å². The van der Waals surface area contributed by atoms with Crippen molar-refractivity contribution in [3.05, 3.63) is 35.9 Å². The van der Waals surface area contributed by atoms with Crippen LogP contribution in [0.2, 0.25) is 0 Å². The van der Waals surface area contributed by atoms with Gasteiger partial charge in [0, 0.05) is 13.5 Å². The summed E-state index contributed by atoms with van der Waals surface area (Å²) in [5, 5.41) is 2.07. The van der Waals surface area contributed by atoms with Crippen molar-refractivity contribution in [3.8, 4) is 0 Å². The van der Waals surface area contributed by atoms with Crippen LogP contribution in [0.1, 0.15) is 25.8 Å². The topological polar surface area (TPSA) is 56.8 Å². The molecule has 140 valence electrons. The summed E-state index contributed by atoms with van der Waals surface area (Å²) in [6, 6.07) is 9.22. The van der Waals surface area contributed by atoms with Gasteiger partial charge >= 0.3 is 12.1 Å². The number of alkyl halides is 3. The van der Waals surface area contributed by atoms with Gasteiger partial charge in [0.25, 0.3) is 0 Å². The van der Waals surface area contributed by atoms with Gasteiger partial charge in [0.05, 0.1) is 18.2 Å². The Labute approximate surface area is 144 Å². The second-order valence-corrected chi connectivity index (χ2v) is 6.30. The molecule has 1 heterocycles. The lowest BCUT2D eigenvalue weighted by atomic mass is 9.84. The van der Waals surface area contributed by atoms with Crippen molar-refractivity contribution in [1.29, 1.82) is 0 Å². The number of hydrogen-bond donors (Lipinski definition) is 1. The van der Waals surface area contributed by atoms with Gasteiger partial charge in [-0.3, -0.25) is 4.79 Å². The minimum Gasteiger partial charge on any atom is -0.368 e. The van der Waals surface area contributed by atoms with Gasteiger partial charge in [-0.15, -0.1) is 0 Å². The molecule has 1 fully saturated rings. The third kappa shape index (κ3) is 4.93. The molecule has 25 heavy (non-hydrogen) atoms. The maximum Gasteiger partial charge on any atom is 0.471 e. The lowest BCUT2D eigenvalue weighted by molar-refractivity contribution is -0.246.